The van der Waals surface area contributed by atoms with Gasteiger partial charge < -0.3 is 20.3 Å². The quantitative estimate of drug-likeness (QED) is 0.774. The Morgan fingerprint density at radius 2 is 2.19 bits per heavy atom. The molecule has 0 unspecified atom stereocenters. The lowest BCUT2D eigenvalue weighted by Crippen LogP contribution is -2.29. The van der Waals surface area contributed by atoms with E-state index in [0.29, 0.717) is 17.8 Å². The number of carbonyl (C=O) groups excluding carboxylic acids is 1. The van der Waals surface area contributed by atoms with Crippen LogP contribution in [0.4, 0.5) is 10.5 Å². The first-order valence-electron chi connectivity index (χ1n) is 6.36. The first-order chi connectivity index (χ1) is 10.0. The Kier molecular flexibility index (Phi) is 4.55. The standard InChI is InChI=1S/C14H16N4O3/c1-18-6-5-15-12(18)9-16-14(21)17-11-4-2-3-10(7-11)8-13(19)20/h2-7H,8-9H2,1H3,(H,19,20)(H2,16,17,21). The molecule has 7 heteroatoms. The van der Waals surface area contributed by atoms with Gasteiger partial charge in [0.25, 0.3) is 0 Å². The van der Waals surface area contributed by atoms with Crippen LogP contribution in [0.25, 0.3) is 0 Å². The molecule has 0 aliphatic carbocycles. The maximum atomic E-state index is 11.8. The van der Waals surface area contributed by atoms with Gasteiger partial charge in [-0.1, -0.05) is 12.1 Å². The molecule has 21 heavy (non-hydrogen) atoms. The third-order valence-electron chi connectivity index (χ3n) is 2.87. The molecule has 7 nitrogen and oxygen atoms in total. The van der Waals surface area contributed by atoms with Gasteiger partial charge in [-0.05, 0) is 17.7 Å². The zero-order chi connectivity index (χ0) is 15.2. The molecule has 0 spiro atoms. The van der Waals surface area contributed by atoms with Gasteiger partial charge in [0.15, 0.2) is 0 Å². The van der Waals surface area contributed by atoms with E-state index < -0.39 is 5.97 Å². The maximum absolute atomic E-state index is 11.8. The van der Waals surface area contributed by atoms with Crippen molar-refractivity contribution in [2.45, 2.75) is 13.0 Å². The molecule has 0 saturated carbocycles. The fraction of sp³-hybridized carbons (Fsp3) is 0.214. The van der Waals surface area contributed by atoms with Crippen molar-refractivity contribution in [2.24, 2.45) is 7.05 Å². The lowest BCUT2D eigenvalue weighted by molar-refractivity contribution is -0.136. The van der Waals surface area contributed by atoms with Crippen LogP contribution in [0.2, 0.25) is 0 Å². The second-order valence-corrected chi connectivity index (χ2v) is 4.53. The Hall–Kier alpha value is -2.83. The Morgan fingerprint density at radius 3 is 2.86 bits per heavy atom. The van der Waals surface area contributed by atoms with Crippen LogP contribution in [-0.2, 0) is 24.8 Å². The summed E-state index contributed by atoms with van der Waals surface area (Å²) in [6.07, 6.45) is 3.37. The van der Waals surface area contributed by atoms with Crippen LogP contribution in [0.3, 0.4) is 0 Å². The van der Waals surface area contributed by atoms with E-state index in [1.807, 2.05) is 11.6 Å². The highest BCUT2D eigenvalue weighted by Crippen LogP contribution is 2.11. The molecule has 2 aromatic rings. The summed E-state index contributed by atoms with van der Waals surface area (Å²) in [5.74, 6) is -0.170. The highest BCUT2D eigenvalue weighted by Gasteiger charge is 2.06. The summed E-state index contributed by atoms with van der Waals surface area (Å²) >= 11 is 0. The molecular weight excluding hydrogens is 272 g/mol. The summed E-state index contributed by atoms with van der Waals surface area (Å²) in [7, 11) is 1.84. The smallest absolute Gasteiger partial charge is 0.319 e. The zero-order valence-electron chi connectivity index (χ0n) is 11.5. The summed E-state index contributed by atoms with van der Waals surface area (Å²) in [6.45, 7) is 0.310. The van der Waals surface area contributed by atoms with Crippen molar-refractivity contribution in [2.75, 3.05) is 5.32 Å². The van der Waals surface area contributed by atoms with Gasteiger partial charge in [-0.2, -0.15) is 0 Å². The summed E-state index contributed by atoms with van der Waals surface area (Å²) in [5.41, 5.74) is 1.18. The molecule has 110 valence electrons. The van der Waals surface area contributed by atoms with Crippen LogP contribution < -0.4 is 10.6 Å². The number of carboxylic acid groups (broad SMARTS) is 1. The average Bonchev–Trinajstić information content (AvgIpc) is 2.81. The van der Waals surface area contributed by atoms with E-state index in [2.05, 4.69) is 15.6 Å². The molecule has 0 bridgehead atoms. The number of urea groups is 1. The lowest BCUT2D eigenvalue weighted by atomic mass is 10.1. The first kappa shape index (κ1) is 14.6. The van der Waals surface area contributed by atoms with Crippen molar-refractivity contribution in [3.05, 3.63) is 48.0 Å². The van der Waals surface area contributed by atoms with E-state index in [1.165, 1.54) is 0 Å². The number of amides is 2. The first-order valence-corrected chi connectivity index (χ1v) is 6.36. The van der Waals surface area contributed by atoms with Crippen molar-refractivity contribution in [1.29, 1.82) is 0 Å². The SMILES string of the molecule is Cn1ccnc1CNC(=O)Nc1cccc(CC(=O)O)c1. The van der Waals surface area contributed by atoms with E-state index in [1.54, 1.807) is 36.7 Å². The minimum absolute atomic E-state index is 0.0790. The minimum Gasteiger partial charge on any atom is -0.481 e. The molecule has 0 aliphatic heterocycles. The number of benzene rings is 1. The predicted octanol–water partition coefficient (Wildman–Crippen LogP) is 1.37. The molecule has 0 saturated heterocycles. The number of carbonyl (C=O) groups is 2. The van der Waals surface area contributed by atoms with Crippen molar-refractivity contribution < 1.29 is 14.7 Å². The van der Waals surface area contributed by atoms with Crippen molar-refractivity contribution >= 4 is 17.7 Å². The van der Waals surface area contributed by atoms with E-state index in [-0.39, 0.29) is 12.5 Å². The molecule has 1 heterocycles. The summed E-state index contributed by atoms with van der Waals surface area (Å²) in [4.78, 5) is 26.5. The molecular formula is C14H16N4O3. The van der Waals surface area contributed by atoms with E-state index >= 15 is 0 Å². The normalized spacial score (nSPS) is 10.1. The van der Waals surface area contributed by atoms with Gasteiger partial charge in [-0.3, -0.25) is 4.79 Å². The van der Waals surface area contributed by atoms with Crippen LogP contribution in [-0.4, -0.2) is 26.7 Å². The van der Waals surface area contributed by atoms with Crippen molar-refractivity contribution in [3.63, 3.8) is 0 Å². The summed E-state index contributed by atoms with van der Waals surface area (Å²) in [6, 6.07) is 6.36. The van der Waals surface area contributed by atoms with Crippen LogP contribution in [0.15, 0.2) is 36.7 Å². The minimum atomic E-state index is -0.911. The largest absolute Gasteiger partial charge is 0.481 e. The number of nitrogens with one attached hydrogen (secondary N) is 2. The summed E-state index contributed by atoms with van der Waals surface area (Å²) < 4.78 is 1.81. The molecule has 0 radical (unpaired) electrons. The second-order valence-electron chi connectivity index (χ2n) is 4.53. The molecule has 0 fully saturated rings. The average molecular weight is 288 g/mol. The molecule has 2 rings (SSSR count). The Balaban J connectivity index is 1.90. The highest BCUT2D eigenvalue weighted by molar-refractivity contribution is 5.89. The van der Waals surface area contributed by atoms with Crippen molar-refractivity contribution in [3.8, 4) is 0 Å². The number of aryl methyl sites for hydroxylation is 1. The molecule has 1 aromatic carbocycles. The van der Waals surface area contributed by atoms with E-state index in [4.69, 9.17) is 5.11 Å². The second kappa shape index (κ2) is 6.56. The van der Waals surface area contributed by atoms with Crippen LogP contribution >= 0.6 is 0 Å². The van der Waals surface area contributed by atoms with E-state index in [0.717, 1.165) is 5.82 Å². The monoisotopic (exact) mass is 288 g/mol. The Bertz CT molecular complexity index is 651. The predicted molar refractivity (Wildman–Crippen MR) is 76.8 cm³/mol. The number of rotatable bonds is 5. The molecule has 2 amide bonds. The fourth-order valence-electron chi connectivity index (χ4n) is 1.84. The topological polar surface area (TPSA) is 96.3 Å². The summed E-state index contributed by atoms with van der Waals surface area (Å²) in [5, 5.41) is 14.1. The number of nitrogens with zero attached hydrogens (tertiary/aromatic N) is 2. The third-order valence-corrected chi connectivity index (χ3v) is 2.87. The number of carboxylic acids is 1. The number of imidazole rings is 1. The van der Waals surface area contributed by atoms with Crippen LogP contribution in [0.1, 0.15) is 11.4 Å². The number of aliphatic carboxylic acids is 1. The number of anilines is 1. The number of hydrogen-bond donors (Lipinski definition) is 3. The molecule has 0 aliphatic rings. The van der Waals surface area contributed by atoms with Crippen molar-refractivity contribution in [1.82, 2.24) is 14.9 Å². The van der Waals surface area contributed by atoms with Crippen LogP contribution in [0, 0.1) is 0 Å². The molecule has 1 aromatic heterocycles. The van der Waals surface area contributed by atoms with Gasteiger partial charge in [0.05, 0.1) is 13.0 Å². The number of hydrogen-bond acceptors (Lipinski definition) is 3. The zero-order valence-corrected chi connectivity index (χ0v) is 11.5. The van der Waals surface area contributed by atoms with Gasteiger partial charge in [0.2, 0.25) is 0 Å². The Labute approximate surface area is 121 Å². The van der Waals surface area contributed by atoms with Gasteiger partial charge in [0.1, 0.15) is 5.82 Å². The van der Waals surface area contributed by atoms with Crippen LogP contribution in [0.5, 0.6) is 0 Å². The Morgan fingerprint density at radius 1 is 1.38 bits per heavy atom. The molecule has 0 atom stereocenters. The van der Waals surface area contributed by atoms with Gasteiger partial charge in [-0.25, -0.2) is 9.78 Å². The molecule has 3 N–H and O–H groups in total. The van der Waals surface area contributed by atoms with E-state index in [9.17, 15) is 9.59 Å². The number of aromatic nitrogens is 2. The van der Waals surface area contributed by atoms with Gasteiger partial charge in [-0.15, -0.1) is 0 Å². The maximum Gasteiger partial charge on any atom is 0.319 e. The van der Waals surface area contributed by atoms with Gasteiger partial charge >= 0.3 is 12.0 Å². The van der Waals surface area contributed by atoms with Gasteiger partial charge in [0, 0.05) is 25.1 Å². The highest BCUT2D eigenvalue weighted by atomic mass is 16.4. The third kappa shape index (κ3) is 4.34. The lowest BCUT2D eigenvalue weighted by Gasteiger charge is -2.08. The fourth-order valence-corrected chi connectivity index (χ4v) is 1.84.